The molecule has 0 atom stereocenters. The number of aliphatic hydroxyl groups excluding tert-OH is 1. The highest BCUT2D eigenvalue weighted by molar-refractivity contribution is 5.60. The first-order valence-corrected chi connectivity index (χ1v) is 5.86. The zero-order valence-electron chi connectivity index (χ0n) is 11.1. The molecule has 0 aliphatic heterocycles. The first-order valence-electron chi connectivity index (χ1n) is 5.86. The molecule has 0 amide bonds. The van der Waals surface area contributed by atoms with Crippen LogP contribution in [0.2, 0.25) is 0 Å². The third kappa shape index (κ3) is 4.93. The molecule has 0 saturated heterocycles. The number of hydrogen-bond donors (Lipinski definition) is 2. The fourth-order valence-electron chi connectivity index (χ4n) is 1.41. The number of nitrogens with one attached hydrogen (secondary N) is 1. The van der Waals surface area contributed by atoms with E-state index in [-0.39, 0.29) is 12.0 Å². The molecule has 0 aliphatic rings. The first-order chi connectivity index (χ1) is 7.92. The van der Waals surface area contributed by atoms with Crippen molar-refractivity contribution in [3.05, 3.63) is 29.3 Å². The van der Waals surface area contributed by atoms with E-state index in [4.69, 9.17) is 5.11 Å². The number of anilines is 1. The zero-order chi connectivity index (χ0) is 12.9. The highest BCUT2D eigenvalue weighted by atomic mass is 16.2. The molecular formula is C15H21NO. The van der Waals surface area contributed by atoms with E-state index >= 15 is 0 Å². The molecule has 2 nitrogen and oxygen atoms in total. The molecule has 0 spiro atoms. The summed E-state index contributed by atoms with van der Waals surface area (Å²) in [6.45, 7) is 9.42. The Balaban J connectivity index is 2.91. The third-order valence-electron chi connectivity index (χ3n) is 2.29. The lowest BCUT2D eigenvalue weighted by Gasteiger charge is -2.20. The summed E-state index contributed by atoms with van der Waals surface area (Å²) in [6.07, 6.45) is 0. The molecule has 92 valence electrons. The summed E-state index contributed by atoms with van der Waals surface area (Å²) in [5.74, 6) is 5.65. The van der Waals surface area contributed by atoms with Crippen LogP contribution in [-0.2, 0) is 0 Å². The van der Waals surface area contributed by atoms with Crippen molar-refractivity contribution in [2.45, 2.75) is 27.7 Å². The van der Waals surface area contributed by atoms with E-state index in [9.17, 15) is 0 Å². The van der Waals surface area contributed by atoms with Crippen molar-refractivity contribution in [1.82, 2.24) is 0 Å². The van der Waals surface area contributed by atoms with Gasteiger partial charge in [0.2, 0.25) is 0 Å². The fraction of sp³-hybridized carbons (Fsp3) is 0.467. The van der Waals surface area contributed by atoms with Crippen LogP contribution >= 0.6 is 0 Å². The molecule has 0 heterocycles. The summed E-state index contributed by atoms with van der Waals surface area (Å²) in [6, 6.07) is 6.11. The minimum absolute atomic E-state index is 0.105. The quantitative estimate of drug-likeness (QED) is 0.767. The van der Waals surface area contributed by atoms with Crippen LogP contribution in [0.1, 0.15) is 31.9 Å². The average Bonchev–Trinajstić information content (AvgIpc) is 2.24. The van der Waals surface area contributed by atoms with E-state index in [2.05, 4.69) is 50.9 Å². The monoisotopic (exact) mass is 231 g/mol. The highest BCUT2D eigenvalue weighted by Gasteiger charge is 2.10. The second-order valence-electron chi connectivity index (χ2n) is 5.42. The normalized spacial score (nSPS) is 10.6. The summed E-state index contributed by atoms with van der Waals surface area (Å²) in [5.41, 5.74) is 3.41. The largest absolute Gasteiger partial charge is 0.384 e. The SMILES string of the molecule is Cc1ccc(C#CCO)c(NCC(C)(C)C)c1. The van der Waals surface area contributed by atoms with Crippen molar-refractivity contribution in [2.75, 3.05) is 18.5 Å². The number of rotatable bonds is 2. The first kappa shape index (κ1) is 13.6. The van der Waals surface area contributed by atoms with Gasteiger partial charge in [0.25, 0.3) is 0 Å². The Labute approximate surface area is 104 Å². The lowest BCUT2D eigenvalue weighted by molar-refractivity contribution is 0.350. The van der Waals surface area contributed by atoms with Gasteiger partial charge in [-0.3, -0.25) is 0 Å². The molecule has 0 fully saturated rings. The van der Waals surface area contributed by atoms with Crippen LogP contribution in [0.4, 0.5) is 5.69 Å². The van der Waals surface area contributed by atoms with Crippen LogP contribution < -0.4 is 5.32 Å². The van der Waals surface area contributed by atoms with Crippen molar-refractivity contribution in [2.24, 2.45) is 5.41 Å². The van der Waals surface area contributed by atoms with E-state index in [1.54, 1.807) is 0 Å². The highest BCUT2D eigenvalue weighted by Crippen LogP contribution is 2.20. The molecule has 0 radical (unpaired) electrons. The summed E-state index contributed by atoms with van der Waals surface area (Å²) >= 11 is 0. The Morgan fingerprint density at radius 2 is 2.00 bits per heavy atom. The summed E-state index contributed by atoms with van der Waals surface area (Å²) in [7, 11) is 0. The van der Waals surface area contributed by atoms with Gasteiger partial charge >= 0.3 is 0 Å². The van der Waals surface area contributed by atoms with Crippen molar-refractivity contribution < 1.29 is 5.11 Å². The molecule has 1 aromatic rings. The van der Waals surface area contributed by atoms with Crippen LogP contribution in [0, 0.1) is 24.2 Å². The summed E-state index contributed by atoms with van der Waals surface area (Å²) < 4.78 is 0. The van der Waals surface area contributed by atoms with Gasteiger partial charge in [-0.25, -0.2) is 0 Å². The van der Waals surface area contributed by atoms with Gasteiger partial charge in [-0.1, -0.05) is 38.7 Å². The lowest BCUT2D eigenvalue weighted by Crippen LogP contribution is -2.19. The van der Waals surface area contributed by atoms with Gasteiger partial charge in [0.05, 0.1) is 5.69 Å². The predicted octanol–water partition coefficient (Wildman–Crippen LogP) is 2.80. The van der Waals surface area contributed by atoms with Crippen LogP contribution in [-0.4, -0.2) is 18.3 Å². The molecule has 0 unspecified atom stereocenters. The molecule has 2 heteroatoms. The van der Waals surface area contributed by atoms with Crippen LogP contribution in [0.5, 0.6) is 0 Å². The van der Waals surface area contributed by atoms with E-state index < -0.39 is 0 Å². The topological polar surface area (TPSA) is 32.3 Å². The van der Waals surface area contributed by atoms with Gasteiger partial charge in [0.1, 0.15) is 6.61 Å². The number of aryl methyl sites for hydroxylation is 1. The molecule has 0 aromatic heterocycles. The Bertz CT molecular complexity index is 432. The van der Waals surface area contributed by atoms with E-state index in [1.165, 1.54) is 5.56 Å². The Hall–Kier alpha value is -1.46. The lowest BCUT2D eigenvalue weighted by atomic mass is 9.96. The Kier molecular flexibility index (Phi) is 4.60. The van der Waals surface area contributed by atoms with Crippen molar-refractivity contribution in [3.8, 4) is 11.8 Å². The summed E-state index contributed by atoms with van der Waals surface area (Å²) in [4.78, 5) is 0. The van der Waals surface area contributed by atoms with Crippen molar-refractivity contribution in [3.63, 3.8) is 0 Å². The Morgan fingerprint density at radius 3 is 2.59 bits per heavy atom. The fourth-order valence-corrected chi connectivity index (χ4v) is 1.41. The van der Waals surface area contributed by atoms with Crippen molar-refractivity contribution in [1.29, 1.82) is 0 Å². The standard InChI is InChI=1S/C15H21NO/c1-12-7-8-13(6-5-9-17)14(10-12)16-11-15(2,3)4/h7-8,10,16-17H,9,11H2,1-4H3. The average molecular weight is 231 g/mol. The van der Waals surface area contributed by atoms with Crippen molar-refractivity contribution >= 4 is 5.69 Å². The number of hydrogen-bond acceptors (Lipinski definition) is 2. The maximum atomic E-state index is 8.74. The minimum Gasteiger partial charge on any atom is -0.384 e. The smallest absolute Gasteiger partial charge is 0.104 e. The van der Waals surface area contributed by atoms with Gasteiger partial charge in [-0.15, -0.1) is 0 Å². The van der Waals surface area contributed by atoms with Gasteiger partial charge in [0, 0.05) is 12.1 Å². The van der Waals surface area contributed by atoms with Crippen LogP contribution in [0.15, 0.2) is 18.2 Å². The molecule has 2 N–H and O–H groups in total. The molecule has 0 saturated carbocycles. The van der Waals surface area contributed by atoms with E-state index in [0.29, 0.717) is 0 Å². The second-order valence-corrected chi connectivity index (χ2v) is 5.42. The third-order valence-corrected chi connectivity index (χ3v) is 2.29. The van der Waals surface area contributed by atoms with Gasteiger partial charge in [-0.05, 0) is 30.0 Å². The maximum absolute atomic E-state index is 8.74. The maximum Gasteiger partial charge on any atom is 0.104 e. The van der Waals surface area contributed by atoms with Crippen LogP contribution in [0.3, 0.4) is 0 Å². The molecule has 1 rings (SSSR count). The zero-order valence-corrected chi connectivity index (χ0v) is 11.1. The van der Waals surface area contributed by atoms with Gasteiger partial charge < -0.3 is 10.4 Å². The molecule has 1 aromatic carbocycles. The van der Waals surface area contributed by atoms with Crippen LogP contribution in [0.25, 0.3) is 0 Å². The van der Waals surface area contributed by atoms with Gasteiger partial charge in [-0.2, -0.15) is 0 Å². The molecule has 0 bridgehead atoms. The minimum atomic E-state index is -0.105. The number of benzene rings is 1. The van der Waals surface area contributed by atoms with E-state index in [0.717, 1.165) is 17.8 Å². The Morgan fingerprint density at radius 1 is 1.29 bits per heavy atom. The molecular weight excluding hydrogens is 210 g/mol. The second kappa shape index (κ2) is 5.75. The predicted molar refractivity (Wildman–Crippen MR) is 73.1 cm³/mol. The van der Waals surface area contributed by atoms with Gasteiger partial charge in [0.15, 0.2) is 0 Å². The van der Waals surface area contributed by atoms with E-state index in [1.807, 2.05) is 12.1 Å². The number of aliphatic hydroxyl groups is 1. The summed E-state index contributed by atoms with van der Waals surface area (Å²) in [5, 5.41) is 12.2. The molecule has 0 aliphatic carbocycles. The molecule has 17 heavy (non-hydrogen) atoms.